The molecule has 0 bridgehead atoms. The third-order valence-electron chi connectivity index (χ3n) is 5.85. The molecule has 1 aliphatic rings. The second-order valence-electron chi connectivity index (χ2n) is 6.67. The molecule has 3 rings (SSSR count). The maximum Gasteiger partial charge on any atom is 0.317 e. The van der Waals surface area contributed by atoms with Gasteiger partial charge in [-0.2, -0.15) is 8.78 Å². The van der Waals surface area contributed by atoms with Crippen LogP contribution in [0.1, 0.15) is 39.2 Å². The highest BCUT2D eigenvalue weighted by Gasteiger charge is 2.63. The molecule has 4 heteroatoms. The van der Waals surface area contributed by atoms with Crippen molar-refractivity contribution in [1.29, 1.82) is 0 Å². The van der Waals surface area contributed by atoms with Crippen molar-refractivity contribution in [2.75, 3.05) is 4.90 Å². The van der Waals surface area contributed by atoms with Gasteiger partial charge in [-0.05, 0) is 43.5 Å². The minimum absolute atomic E-state index is 0.199. The molecule has 1 heterocycles. The Hall–Kier alpha value is -2.23. The first-order valence-electron chi connectivity index (χ1n) is 8.61. The van der Waals surface area contributed by atoms with E-state index >= 15 is 0 Å². The minimum atomic E-state index is -1.67. The molecule has 1 aliphatic heterocycles. The minimum Gasteiger partial charge on any atom is -0.280 e. The number of para-hydroxylation sites is 2. The number of hydrogen-bond donors (Lipinski definition) is 0. The summed E-state index contributed by atoms with van der Waals surface area (Å²) in [5, 5.41) is 0. The van der Waals surface area contributed by atoms with Gasteiger partial charge in [0.2, 0.25) is 5.91 Å². The summed E-state index contributed by atoms with van der Waals surface area (Å²) in [7, 11) is 0. The van der Waals surface area contributed by atoms with Crippen molar-refractivity contribution in [1.82, 2.24) is 0 Å². The molecule has 1 unspecified atom stereocenters. The van der Waals surface area contributed by atoms with Crippen LogP contribution < -0.4 is 4.90 Å². The zero-order valence-corrected chi connectivity index (χ0v) is 14.7. The second kappa shape index (κ2) is 6.25. The maximum absolute atomic E-state index is 14.2. The van der Waals surface area contributed by atoms with E-state index in [1.54, 1.807) is 31.7 Å². The van der Waals surface area contributed by atoms with Crippen LogP contribution in [0.3, 0.4) is 0 Å². The fourth-order valence-corrected chi connectivity index (χ4v) is 4.25. The van der Waals surface area contributed by atoms with Crippen molar-refractivity contribution in [3.05, 3.63) is 66.6 Å². The molecular formula is C21H22F2NO. The molecule has 0 saturated heterocycles. The first-order valence-corrected chi connectivity index (χ1v) is 8.61. The average molecular weight is 342 g/mol. The lowest BCUT2D eigenvalue weighted by atomic mass is 9.58. The van der Waals surface area contributed by atoms with Crippen molar-refractivity contribution in [2.24, 2.45) is 5.41 Å². The number of anilines is 2. The first kappa shape index (κ1) is 17.6. The highest BCUT2D eigenvalue weighted by Crippen LogP contribution is 2.60. The Balaban J connectivity index is 2.28. The summed E-state index contributed by atoms with van der Waals surface area (Å²) in [5.74, 6) is -0.295. The Morgan fingerprint density at radius 3 is 2.12 bits per heavy atom. The largest absolute Gasteiger partial charge is 0.317 e. The third-order valence-corrected chi connectivity index (χ3v) is 5.85. The van der Waals surface area contributed by atoms with Crippen molar-refractivity contribution in [2.45, 2.75) is 39.0 Å². The van der Waals surface area contributed by atoms with Gasteiger partial charge in [-0.25, -0.2) is 0 Å². The summed E-state index contributed by atoms with van der Waals surface area (Å²) in [6, 6.07) is 16.5. The van der Waals surface area contributed by atoms with Crippen LogP contribution in [0.5, 0.6) is 0 Å². The van der Waals surface area contributed by atoms with Gasteiger partial charge in [-0.15, -0.1) is 0 Å². The molecule has 25 heavy (non-hydrogen) atoms. The molecule has 0 fully saturated rings. The normalized spacial score (nSPS) is 20.2. The molecule has 0 aliphatic carbocycles. The molecule has 131 valence electrons. The first-order chi connectivity index (χ1) is 11.9. The Morgan fingerprint density at radius 2 is 1.56 bits per heavy atom. The van der Waals surface area contributed by atoms with Crippen molar-refractivity contribution in [3.8, 4) is 0 Å². The number of carbonyl (C=O) groups is 1. The Labute approximate surface area is 147 Å². The monoisotopic (exact) mass is 342 g/mol. The third kappa shape index (κ3) is 2.23. The van der Waals surface area contributed by atoms with Crippen LogP contribution in [0.15, 0.2) is 54.6 Å². The van der Waals surface area contributed by atoms with E-state index in [2.05, 4.69) is 0 Å². The number of carbonyl (C=O) groups excluding carboxylic acids is 1. The number of nitrogens with zero attached hydrogens (tertiary/aromatic N) is 1. The maximum atomic E-state index is 14.2. The van der Waals surface area contributed by atoms with E-state index in [4.69, 9.17) is 0 Å². The Kier molecular flexibility index (Phi) is 4.40. The number of hydrogen-bond acceptors (Lipinski definition) is 1. The molecule has 1 radical (unpaired) electrons. The molecular weight excluding hydrogens is 320 g/mol. The predicted molar refractivity (Wildman–Crippen MR) is 95.9 cm³/mol. The molecule has 0 saturated carbocycles. The van der Waals surface area contributed by atoms with Crippen molar-refractivity contribution >= 4 is 17.3 Å². The van der Waals surface area contributed by atoms with Crippen molar-refractivity contribution in [3.63, 3.8) is 0 Å². The molecule has 0 spiro atoms. The topological polar surface area (TPSA) is 20.3 Å². The van der Waals surface area contributed by atoms with Gasteiger partial charge in [0.1, 0.15) is 0 Å². The SMILES string of the molecule is CCC(CC)([C](F)F)C1(C)C(=O)N(c2ccccc2)c2ccccc21. The summed E-state index contributed by atoms with van der Waals surface area (Å²) in [4.78, 5) is 15.1. The van der Waals surface area contributed by atoms with Crippen LogP contribution in [0.2, 0.25) is 0 Å². The van der Waals surface area contributed by atoms with Gasteiger partial charge in [0.15, 0.2) is 0 Å². The van der Waals surface area contributed by atoms with Crippen molar-refractivity contribution < 1.29 is 13.6 Å². The van der Waals surface area contributed by atoms with Gasteiger partial charge >= 0.3 is 6.43 Å². The van der Waals surface area contributed by atoms with Crippen LogP contribution in [0, 0.1) is 11.8 Å². The van der Waals surface area contributed by atoms with E-state index < -0.39 is 17.3 Å². The van der Waals surface area contributed by atoms with Gasteiger partial charge in [0.05, 0.1) is 16.5 Å². The number of amides is 1. The number of fused-ring (bicyclic) bond motifs is 1. The van der Waals surface area contributed by atoms with Gasteiger partial charge in [-0.1, -0.05) is 50.2 Å². The summed E-state index contributed by atoms with van der Waals surface area (Å²) >= 11 is 0. The smallest absolute Gasteiger partial charge is 0.280 e. The fraction of sp³-hybridized carbons (Fsp3) is 0.333. The standard InChI is InChI=1S/C21H22F2NO/c1-4-21(5-2,18(22)23)20(3)16-13-9-10-14-17(16)24(19(20)25)15-11-7-6-8-12-15/h6-14H,4-5H2,1-3H3. The predicted octanol–water partition coefficient (Wildman–Crippen LogP) is 5.86. The lowest BCUT2D eigenvalue weighted by Gasteiger charge is -2.43. The van der Waals surface area contributed by atoms with E-state index in [9.17, 15) is 13.6 Å². The summed E-state index contributed by atoms with van der Waals surface area (Å²) in [5.41, 5.74) is -0.732. The molecule has 0 aromatic heterocycles. The molecule has 1 atom stereocenters. The second-order valence-corrected chi connectivity index (χ2v) is 6.67. The Bertz CT molecular complexity index is 770. The summed E-state index contributed by atoms with van der Waals surface area (Å²) < 4.78 is 28.4. The highest BCUT2D eigenvalue weighted by atomic mass is 19.3. The summed E-state index contributed by atoms with van der Waals surface area (Å²) in [6.45, 7) is 5.13. The molecule has 2 aromatic carbocycles. The van der Waals surface area contributed by atoms with E-state index in [1.807, 2.05) is 48.5 Å². The molecule has 0 N–H and O–H groups in total. The fourth-order valence-electron chi connectivity index (χ4n) is 4.25. The number of halogens is 2. The van der Waals surface area contributed by atoms with Crippen LogP contribution in [0.25, 0.3) is 0 Å². The lowest BCUT2D eigenvalue weighted by Crippen LogP contribution is -2.51. The van der Waals surface area contributed by atoms with Crippen LogP contribution in [-0.4, -0.2) is 5.91 Å². The van der Waals surface area contributed by atoms with Crippen LogP contribution >= 0.6 is 0 Å². The number of benzene rings is 2. The molecule has 2 aromatic rings. The van der Waals surface area contributed by atoms with Gasteiger partial charge < -0.3 is 0 Å². The summed E-state index contributed by atoms with van der Waals surface area (Å²) in [6.07, 6.45) is -1.27. The quantitative estimate of drug-likeness (QED) is 0.667. The lowest BCUT2D eigenvalue weighted by molar-refractivity contribution is -0.129. The van der Waals surface area contributed by atoms with E-state index in [0.29, 0.717) is 16.9 Å². The molecule has 1 amide bonds. The highest BCUT2D eigenvalue weighted by molar-refractivity contribution is 6.13. The van der Waals surface area contributed by atoms with Crippen LogP contribution in [0.4, 0.5) is 20.2 Å². The van der Waals surface area contributed by atoms with E-state index in [0.717, 1.165) is 0 Å². The number of rotatable bonds is 5. The van der Waals surface area contributed by atoms with Gasteiger partial charge in [0, 0.05) is 5.69 Å². The zero-order valence-electron chi connectivity index (χ0n) is 14.7. The van der Waals surface area contributed by atoms with E-state index in [-0.39, 0.29) is 18.7 Å². The molecule has 2 nitrogen and oxygen atoms in total. The van der Waals surface area contributed by atoms with Crippen LogP contribution in [-0.2, 0) is 10.2 Å². The van der Waals surface area contributed by atoms with Gasteiger partial charge in [0.25, 0.3) is 0 Å². The average Bonchev–Trinajstić information content (AvgIpc) is 2.86. The zero-order chi connectivity index (χ0) is 18.2. The van der Waals surface area contributed by atoms with E-state index in [1.165, 1.54) is 0 Å². The Morgan fingerprint density at radius 1 is 1.00 bits per heavy atom. The van der Waals surface area contributed by atoms with Gasteiger partial charge in [-0.3, -0.25) is 9.69 Å².